The summed E-state index contributed by atoms with van der Waals surface area (Å²) in [6.07, 6.45) is 0.937. The van der Waals surface area contributed by atoms with E-state index in [2.05, 4.69) is 19.2 Å². The fraction of sp³-hybridized carbons (Fsp3) is 0.385. The van der Waals surface area contributed by atoms with Crippen LogP contribution in [0.5, 0.6) is 11.5 Å². The standard InChI is InChI=1S/C26H29NO5/c1-6-30-21-13-17(7-8-19(21)31-10-9-14(2)3)23-22-24(28)18-11-15(4)16(5)12-20(18)32-25(22)26(29)27-23/h7-8,11-14,23H,6,9-10H2,1-5H3,(H,27,29). The maximum absolute atomic E-state index is 13.4. The van der Waals surface area contributed by atoms with Crippen LogP contribution in [0.25, 0.3) is 11.0 Å². The molecule has 6 heteroatoms. The molecule has 1 amide bonds. The quantitative estimate of drug-likeness (QED) is 0.561. The van der Waals surface area contributed by atoms with Gasteiger partial charge in [-0.2, -0.15) is 0 Å². The van der Waals surface area contributed by atoms with Crippen molar-refractivity contribution < 1.29 is 18.7 Å². The van der Waals surface area contributed by atoms with Crippen molar-refractivity contribution in [3.63, 3.8) is 0 Å². The number of benzene rings is 2. The number of carbonyl (C=O) groups excluding carboxylic acids is 1. The van der Waals surface area contributed by atoms with Gasteiger partial charge in [-0.05, 0) is 74.1 Å². The Bertz CT molecular complexity index is 1240. The molecule has 1 atom stereocenters. The molecule has 1 unspecified atom stereocenters. The number of rotatable bonds is 7. The SMILES string of the molecule is CCOc1cc(C2NC(=O)c3oc4cc(C)c(C)cc4c(=O)c32)ccc1OCCC(C)C. The van der Waals surface area contributed by atoms with Crippen molar-refractivity contribution >= 4 is 16.9 Å². The van der Waals surface area contributed by atoms with E-state index in [1.54, 1.807) is 0 Å². The summed E-state index contributed by atoms with van der Waals surface area (Å²) in [5.41, 5.74) is 3.32. The lowest BCUT2D eigenvalue weighted by molar-refractivity contribution is 0.0938. The van der Waals surface area contributed by atoms with Crippen molar-refractivity contribution in [2.75, 3.05) is 13.2 Å². The molecule has 1 N–H and O–H groups in total. The molecule has 168 valence electrons. The molecule has 6 nitrogen and oxygen atoms in total. The molecule has 32 heavy (non-hydrogen) atoms. The first kappa shape index (κ1) is 21.9. The van der Waals surface area contributed by atoms with Crippen LogP contribution < -0.4 is 20.2 Å². The van der Waals surface area contributed by atoms with Crippen molar-refractivity contribution in [1.82, 2.24) is 5.32 Å². The van der Waals surface area contributed by atoms with E-state index < -0.39 is 11.9 Å². The Labute approximate surface area is 187 Å². The average molecular weight is 436 g/mol. The fourth-order valence-corrected chi connectivity index (χ4v) is 3.91. The van der Waals surface area contributed by atoms with Crippen LogP contribution in [0, 0.1) is 19.8 Å². The zero-order chi connectivity index (χ0) is 23.0. The summed E-state index contributed by atoms with van der Waals surface area (Å²) in [4.78, 5) is 26.1. The summed E-state index contributed by atoms with van der Waals surface area (Å²) in [5, 5.41) is 3.38. The van der Waals surface area contributed by atoms with E-state index in [4.69, 9.17) is 13.9 Å². The number of aryl methyl sites for hydroxylation is 2. The highest BCUT2D eigenvalue weighted by molar-refractivity contribution is 5.99. The molecule has 0 fully saturated rings. The summed E-state index contributed by atoms with van der Waals surface area (Å²) in [6, 6.07) is 8.55. The van der Waals surface area contributed by atoms with Crippen LogP contribution in [-0.2, 0) is 0 Å². The maximum Gasteiger partial charge on any atom is 0.288 e. The minimum atomic E-state index is -0.608. The predicted molar refractivity (Wildman–Crippen MR) is 124 cm³/mol. The highest BCUT2D eigenvalue weighted by Crippen LogP contribution is 2.36. The highest BCUT2D eigenvalue weighted by Gasteiger charge is 2.36. The molecule has 0 spiro atoms. The fourth-order valence-electron chi connectivity index (χ4n) is 3.91. The first-order chi connectivity index (χ1) is 15.3. The third-order valence-electron chi connectivity index (χ3n) is 5.87. The molecule has 2 heterocycles. The summed E-state index contributed by atoms with van der Waals surface area (Å²) >= 11 is 0. The van der Waals surface area contributed by atoms with Gasteiger partial charge in [-0.25, -0.2) is 0 Å². The molecule has 0 saturated heterocycles. The maximum atomic E-state index is 13.4. The molecule has 0 aliphatic carbocycles. The van der Waals surface area contributed by atoms with Crippen LogP contribution in [0.3, 0.4) is 0 Å². The molecule has 0 radical (unpaired) electrons. The molecule has 2 aromatic carbocycles. The molecular formula is C26H29NO5. The van der Waals surface area contributed by atoms with Gasteiger partial charge in [0.15, 0.2) is 16.9 Å². The van der Waals surface area contributed by atoms with Gasteiger partial charge < -0.3 is 19.2 Å². The van der Waals surface area contributed by atoms with Crippen molar-refractivity contribution in [3.05, 3.63) is 68.6 Å². The third kappa shape index (κ3) is 3.97. The summed E-state index contributed by atoms with van der Waals surface area (Å²) in [7, 11) is 0. The van der Waals surface area contributed by atoms with Crippen molar-refractivity contribution in [2.45, 2.75) is 47.1 Å². The van der Waals surface area contributed by atoms with Gasteiger partial charge in [-0.15, -0.1) is 0 Å². The number of hydrogen-bond acceptors (Lipinski definition) is 5. The highest BCUT2D eigenvalue weighted by atomic mass is 16.5. The van der Waals surface area contributed by atoms with Crippen LogP contribution in [0.2, 0.25) is 0 Å². The number of nitrogens with one attached hydrogen (secondary N) is 1. The van der Waals surface area contributed by atoms with Crippen LogP contribution in [-0.4, -0.2) is 19.1 Å². The van der Waals surface area contributed by atoms with Crippen LogP contribution >= 0.6 is 0 Å². The Morgan fingerprint density at radius 1 is 1.03 bits per heavy atom. The number of carbonyl (C=O) groups is 1. The van der Waals surface area contributed by atoms with Crippen LogP contribution in [0.15, 0.2) is 39.5 Å². The lowest BCUT2D eigenvalue weighted by Crippen LogP contribution is -2.22. The molecule has 3 aromatic rings. The van der Waals surface area contributed by atoms with Gasteiger partial charge in [-0.3, -0.25) is 9.59 Å². The first-order valence-electron chi connectivity index (χ1n) is 11.1. The smallest absolute Gasteiger partial charge is 0.288 e. The van der Waals surface area contributed by atoms with Gasteiger partial charge in [0.2, 0.25) is 5.76 Å². The number of ether oxygens (including phenoxy) is 2. The molecular weight excluding hydrogens is 406 g/mol. The van der Waals surface area contributed by atoms with E-state index in [1.807, 2.05) is 51.1 Å². The predicted octanol–water partition coefficient (Wildman–Crippen LogP) is 5.07. The van der Waals surface area contributed by atoms with E-state index in [9.17, 15) is 9.59 Å². The second kappa shape index (κ2) is 8.69. The second-order valence-corrected chi connectivity index (χ2v) is 8.68. The van der Waals surface area contributed by atoms with E-state index in [0.717, 1.165) is 23.1 Å². The number of hydrogen-bond donors (Lipinski definition) is 1. The minimum absolute atomic E-state index is 0.0750. The topological polar surface area (TPSA) is 77.8 Å². The largest absolute Gasteiger partial charge is 0.490 e. The van der Waals surface area contributed by atoms with E-state index in [-0.39, 0.29) is 11.2 Å². The molecule has 4 rings (SSSR count). The molecule has 1 aliphatic rings. The van der Waals surface area contributed by atoms with Crippen molar-refractivity contribution in [1.29, 1.82) is 0 Å². The Morgan fingerprint density at radius 3 is 2.50 bits per heavy atom. The Kier molecular flexibility index (Phi) is 5.96. The van der Waals surface area contributed by atoms with Crippen molar-refractivity contribution in [2.24, 2.45) is 5.92 Å². The summed E-state index contributed by atoms with van der Waals surface area (Å²) < 4.78 is 17.6. The zero-order valence-electron chi connectivity index (χ0n) is 19.2. The normalized spacial score (nSPS) is 15.2. The van der Waals surface area contributed by atoms with Gasteiger partial charge in [-0.1, -0.05) is 19.9 Å². The second-order valence-electron chi connectivity index (χ2n) is 8.68. The molecule has 0 saturated carbocycles. The first-order valence-corrected chi connectivity index (χ1v) is 11.1. The van der Waals surface area contributed by atoms with E-state index >= 15 is 0 Å². The molecule has 1 aliphatic heterocycles. The average Bonchev–Trinajstić information content (AvgIpc) is 3.07. The lowest BCUT2D eigenvalue weighted by atomic mass is 9.98. The zero-order valence-corrected chi connectivity index (χ0v) is 19.2. The van der Waals surface area contributed by atoms with E-state index in [1.165, 1.54) is 0 Å². The Morgan fingerprint density at radius 2 is 1.78 bits per heavy atom. The molecule has 1 aromatic heterocycles. The Hall–Kier alpha value is -3.28. The third-order valence-corrected chi connectivity index (χ3v) is 5.87. The van der Waals surface area contributed by atoms with E-state index in [0.29, 0.717) is 47.2 Å². The van der Waals surface area contributed by atoms with Gasteiger partial charge in [0.1, 0.15) is 5.58 Å². The van der Waals surface area contributed by atoms with Gasteiger partial charge in [0.05, 0.1) is 30.2 Å². The van der Waals surface area contributed by atoms with Crippen molar-refractivity contribution in [3.8, 4) is 11.5 Å². The number of fused-ring (bicyclic) bond motifs is 2. The summed E-state index contributed by atoms with van der Waals surface area (Å²) in [6.45, 7) is 11.2. The minimum Gasteiger partial charge on any atom is -0.490 e. The van der Waals surface area contributed by atoms with Gasteiger partial charge in [0.25, 0.3) is 5.91 Å². The monoisotopic (exact) mass is 435 g/mol. The van der Waals surface area contributed by atoms with Crippen LogP contribution in [0.4, 0.5) is 0 Å². The molecule has 0 bridgehead atoms. The summed E-state index contributed by atoms with van der Waals surface area (Å²) in [5.74, 6) is 1.46. The lowest BCUT2D eigenvalue weighted by Gasteiger charge is -2.17. The van der Waals surface area contributed by atoms with Gasteiger partial charge >= 0.3 is 0 Å². The van der Waals surface area contributed by atoms with Crippen LogP contribution in [0.1, 0.15) is 66.0 Å². The number of amides is 1. The van der Waals surface area contributed by atoms with Gasteiger partial charge in [0, 0.05) is 0 Å². The Balaban J connectivity index is 1.76.